The van der Waals surface area contributed by atoms with E-state index in [0.29, 0.717) is 5.41 Å². The van der Waals surface area contributed by atoms with Crippen molar-refractivity contribution in [1.29, 1.82) is 0 Å². The number of aliphatic carboxylic acids is 1. The summed E-state index contributed by atoms with van der Waals surface area (Å²) in [6.45, 7) is 16.4. The summed E-state index contributed by atoms with van der Waals surface area (Å²) in [6.07, 6.45) is -0.424. The van der Waals surface area contributed by atoms with Crippen LogP contribution in [0.2, 0.25) is 0 Å². The minimum atomic E-state index is -5.08. The van der Waals surface area contributed by atoms with Crippen LogP contribution in [0.5, 0.6) is 5.75 Å². The van der Waals surface area contributed by atoms with E-state index in [-0.39, 0.29) is 5.91 Å². The highest BCUT2D eigenvalue weighted by molar-refractivity contribution is 5.96. The van der Waals surface area contributed by atoms with Gasteiger partial charge in [-0.3, -0.25) is 4.79 Å². The van der Waals surface area contributed by atoms with E-state index < -0.39 is 12.1 Å². The van der Waals surface area contributed by atoms with Crippen molar-refractivity contribution in [3.63, 3.8) is 0 Å². The number of anilines is 1. The molecule has 7 nitrogen and oxygen atoms in total. The summed E-state index contributed by atoms with van der Waals surface area (Å²) >= 11 is 0. The van der Waals surface area contributed by atoms with Gasteiger partial charge in [0.25, 0.3) is 5.91 Å². The number of carboxylic acids is 1. The molecule has 232 valence electrons. The summed E-state index contributed by atoms with van der Waals surface area (Å²) in [5.74, 6) is -1.66. The molecule has 2 aromatic rings. The Kier molecular flexibility index (Phi) is 11.7. The van der Waals surface area contributed by atoms with Crippen molar-refractivity contribution in [3.05, 3.63) is 59.2 Å². The van der Waals surface area contributed by atoms with E-state index in [1.165, 1.54) is 37.2 Å². The maximum absolute atomic E-state index is 13.1. The van der Waals surface area contributed by atoms with Gasteiger partial charge in [0.05, 0.1) is 6.61 Å². The summed E-state index contributed by atoms with van der Waals surface area (Å²) < 4.78 is 37.8. The Morgan fingerprint density at radius 3 is 2.21 bits per heavy atom. The second-order valence-corrected chi connectivity index (χ2v) is 11.8. The first kappa shape index (κ1) is 33.2. The van der Waals surface area contributed by atoms with Gasteiger partial charge in [-0.05, 0) is 86.0 Å². The lowest BCUT2D eigenvalue weighted by Gasteiger charge is -2.38. The normalized spacial score (nSPS) is 17.3. The maximum atomic E-state index is 13.1. The minimum Gasteiger partial charge on any atom is -0.494 e. The molecule has 4 rings (SSSR count). The van der Waals surface area contributed by atoms with Crippen LogP contribution in [0.4, 0.5) is 18.9 Å². The lowest BCUT2D eigenvalue weighted by atomic mass is 9.84. The van der Waals surface area contributed by atoms with E-state index >= 15 is 0 Å². The van der Waals surface area contributed by atoms with Crippen LogP contribution in [0.15, 0.2) is 42.5 Å². The van der Waals surface area contributed by atoms with Gasteiger partial charge >= 0.3 is 12.1 Å². The summed E-state index contributed by atoms with van der Waals surface area (Å²) in [5.41, 5.74) is 4.78. The number of likely N-dealkylation sites (tertiary alicyclic amines) is 1. The Morgan fingerprint density at radius 1 is 1.00 bits per heavy atom. The summed E-state index contributed by atoms with van der Waals surface area (Å²) in [6, 6.07) is 14.7. The smallest absolute Gasteiger partial charge is 0.490 e. The second kappa shape index (κ2) is 14.8. The third-order valence-corrected chi connectivity index (χ3v) is 7.82. The van der Waals surface area contributed by atoms with E-state index in [4.69, 9.17) is 14.6 Å². The van der Waals surface area contributed by atoms with E-state index in [9.17, 15) is 18.0 Å². The highest BCUT2D eigenvalue weighted by atomic mass is 19.4. The largest absolute Gasteiger partial charge is 0.494 e. The zero-order valence-electron chi connectivity index (χ0n) is 25.2. The fraction of sp³-hybridized carbons (Fsp3) is 0.562. The number of piperazine rings is 1. The third kappa shape index (κ3) is 9.93. The number of hydrogen-bond donors (Lipinski definition) is 1. The lowest BCUT2D eigenvalue weighted by Crippen LogP contribution is -2.49. The van der Waals surface area contributed by atoms with Crippen LogP contribution in [-0.4, -0.2) is 85.4 Å². The fourth-order valence-corrected chi connectivity index (χ4v) is 5.42. The van der Waals surface area contributed by atoms with Crippen LogP contribution in [0, 0.1) is 12.3 Å². The maximum Gasteiger partial charge on any atom is 0.490 e. The molecule has 1 amide bonds. The number of amides is 1. The van der Waals surface area contributed by atoms with Gasteiger partial charge in [0.15, 0.2) is 0 Å². The van der Waals surface area contributed by atoms with Crippen molar-refractivity contribution in [3.8, 4) is 5.75 Å². The monoisotopic (exact) mass is 591 g/mol. The van der Waals surface area contributed by atoms with Crippen molar-refractivity contribution < 1.29 is 32.6 Å². The van der Waals surface area contributed by atoms with Gasteiger partial charge in [0, 0.05) is 50.5 Å². The van der Waals surface area contributed by atoms with Crippen molar-refractivity contribution in [2.75, 3.05) is 57.3 Å². The molecule has 0 aromatic heterocycles. The molecule has 0 radical (unpaired) electrons. The molecule has 0 saturated carbocycles. The van der Waals surface area contributed by atoms with Crippen LogP contribution < -0.4 is 9.64 Å². The SMILES string of the molecule is CCc1ccc(C)c(C(=O)N2CCN(c3ccc(OCCCN4CCCC(C)(C)C4)cc3)CC2)c1.O=C(O)C(F)(F)F. The number of benzene rings is 2. The van der Waals surface area contributed by atoms with E-state index in [0.717, 1.165) is 69.0 Å². The second-order valence-electron chi connectivity index (χ2n) is 11.8. The standard InChI is InChI=1S/C30H43N3O2.C2HF3O2/c1-5-25-9-8-24(2)28(22-25)29(34)33-19-17-32(18-20-33)26-10-12-27(13-11-26)35-21-7-16-31-15-6-14-30(3,4)23-31;3-2(4,5)1(6)7/h8-13,22H,5-7,14-21,23H2,1-4H3;(H,6,7). The van der Waals surface area contributed by atoms with Crippen molar-refractivity contribution >= 4 is 17.6 Å². The summed E-state index contributed by atoms with van der Waals surface area (Å²) in [5, 5.41) is 7.12. The molecule has 1 N–H and O–H groups in total. The van der Waals surface area contributed by atoms with Gasteiger partial charge < -0.3 is 24.5 Å². The molecule has 2 aromatic carbocycles. The van der Waals surface area contributed by atoms with Gasteiger partial charge in [-0.2, -0.15) is 13.2 Å². The first-order chi connectivity index (χ1) is 19.8. The van der Waals surface area contributed by atoms with Crippen LogP contribution in [0.3, 0.4) is 0 Å². The quantitative estimate of drug-likeness (QED) is 0.377. The number of piperidine rings is 1. The Bertz CT molecular complexity index is 1180. The third-order valence-electron chi connectivity index (χ3n) is 7.82. The first-order valence-corrected chi connectivity index (χ1v) is 14.7. The van der Waals surface area contributed by atoms with Crippen LogP contribution in [-0.2, 0) is 11.2 Å². The Labute approximate surface area is 247 Å². The summed E-state index contributed by atoms with van der Waals surface area (Å²) in [4.78, 5) is 29.0. The number of hydrogen-bond acceptors (Lipinski definition) is 5. The first-order valence-electron chi connectivity index (χ1n) is 14.7. The average Bonchev–Trinajstić information content (AvgIpc) is 2.95. The number of ether oxygens (including phenoxy) is 1. The molecule has 0 unspecified atom stereocenters. The van der Waals surface area contributed by atoms with Crippen LogP contribution >= 0.6 is 0 Å². The average molecular weight is 592 g/mol. The predicted molar refractivity (Wildman–Crippen MR) is 158 cm³/mol. The number of aryl methyl sites for hydroxylation is 2. The number of carbonyl (C=O) groups is 2. The number of nitrogens with zero attached hydrogens (tertiary/aromatic N) is 3. The highest BCUT2D eigenvalue weighted by Crippen LogP contribution is 2.28. The van der Waals surface area contributed by atoms with Gasteiger partial charge in [-0.25, -0.2) is 4.79 Å². The molecule has 0 bridgehead atoms. The van der Waals surface area contributed by atoms with Crippen LogP contribution in [0.1, 0.15) is 61.5 Å². The molecule has 0 aliphatic carbocycles. The van der Waals surface area contributed by atoms with Crippen molar-refractivity contribution in [1.82, 2.24) is 9.80 Å². The number of rotatable bonds is 8. The Hall–Kier alpha value is -3.27. The van der Waals surface area contributed by atoms with E-state index in [2.05, 4.69) is 73.0 Å². The highest BCUT2D eigenvalue weighted by Gasteiger charge is 2.38. The molecule has 42 heavy (non-hydrogen) atoms. The molecule has 2 aliphatic rings. The number of halogens is 3. The number of carboxylic acid groups (broad SMARTS) is 1. The van der Waals surface area contributed by atoms with Gasteiger partial charge in [0.2, 0.25) is 0 Å². The topological polar surface area (TPSA) is 73.3 Å². The van der Waals surface area contributed by atoms with Gasteiger partial charge in [0.1, 0.15) is 5.75 Å². The molecule has 2 heterocycles. The zero-order chi connectivity index (χ0) is 30.9. The molecular formula is C32H44F3N3O4. The molecular weight excluding hydrogens is 547 g/mol. The Morgan fingerprint density at radius 2 is 1.64 bits per heavy atom. The van der Waals surface area contributed by atoms with E-state index in [1.54, 1.807) is 0 Å². The molecule has 2 fully saturated rings. The lowest BCUT2D eigenvalue weighted by molar-refractivity contribution is -0.192. The molecule has 10 heteroatoms. The summed E-state index contributed by atoms with van der Waals surface area (Å²) in [7, 11) is 0. The van der Waals surface area contributed by atoms with Gasteiger partial charge in [-0.15, -0.1) is 0 Å². The molecule has 0 spiro atoms. The Balaban J connectivity index is 0.000000616. The zero-order valence-corrected chi connectivity index (χ0v) is 25.2. The van der Waals surface area contributed by atoms with E-state index in [1.807, 2.05) is 11.8 Å². The molecule has 2 saturated heterocycles. The number of alkyl halides is 3. The molecule has 0 atom stereocenters. The fourth-order valence-electron chi connectivity index (χ4n) is 5.42. The minimum absolute atomic E-state index is 0.161. The molecule has 2 aliphatic heterocycles. The van der Waals surface area contributed by atoms with Crippen LogP contribution in [0.25, 0.3) is 0 Å². The number of carbonyl (C=O) groups excluding carboxylic acids is 1. The van der Waals surface area contributed by atoms with Gasteiger partial charge in [-0.1, -0.05) is 32.9 Å². The van der Waals surface area contributed by atoms with Crippen molar-refractivity contribution in [2.45, 2.75) is 59.6 Å². The predicted octanol–water partition coefficient (Wildman–Crippen LogP) is 6.04. The van der Waals surface area contributed by atoms with Crippen molar-refractivity contribution in [2.24, 2.45) is 5.41 Å².